The molecule has 0 spiro atoms. The average molecular weight is 326 g/mol. The SMILES string of the molecule is COC[C@H](C)n1c(C)cc(C(=O)COc2cccc(C#N)c2)c1C. The summed E-state index contributed by atoms with van der Waals surface area (Å²) in [6.45, 7) is 6.50. The van der Waals surface area contributed by atoms with E-state index >= 15 is 0 Å². The molecule has 1 aromatic heterocycles. The highest BCUT2D eigenvalue weighted by Gasteiger charge is 2.19. The average Bonchev–Trinajstić information content (AvgIpc) is 2.87. The van der Waals surface area contributed by atoms with Gasteiger partial charge in [0.25, 0.3) is 0 Å². The Kier molecular flexibility index (Phi) is 5.78. The fraction of sp³-hybridized carbons (Fsp3) is 0.368. The summed E-state index contributed by atoms with van der Waals surface area (Å²) in [5.74, 6) is 0.435. The third-order valence-electron chi connectivity index (χ3n) is 3.97. The van der Waals surface area contributed by atoms with Crippen molar-refractivity contribution >= 4 is 5.78 Å². The summed E-state index contributed by atoms with van der Waals surface area (Å²) in [7, 11) is 1.67. The highest BCUT2D eigenvalue weighted by atomic mass is 16.5. The Hall–Kier alpha value is -2.58. The normalized spacial score (nSPS) is 11.8. The number of ketones is 1. The largest absolute Gasteiger partial charge is 0.485 e. The van der Waals surface area contributed by atoms with Crippen LogP contribution in [0, 0.1) is 25.2 Å². The Morgan fingerprint density at radius 3 is 2.75 bits per heavy atom. The number of aryl methyl sites for hydroxylation is 1. The molecule has 0 bridgehead atoms. The van der Waals surface area contributed by atoms with Gasteiger partial charge in [-0.15, -0.1) is 0 Å². The van der Waals surface area contributed by atoms with E-state index in [-0.39, 0.29) is 18.4 Å². The van der Waals surface area contributed by atoms with Gasteiger partial charge in [-0.1, -0.05) is 6.07 Å². The van der Waals surface area contributed by atoms with Gasteiger partial charge in [0.1, 0.15) is 5.75 Å². The maximum Gasteiger partial charge on any atom is 0.202 e. The number of methoxy groups -OCH3 is 1. The summed E-state index contributed by atoms with van der Waals surface area (Å²) in [5, 5.41) is 8.90. The minimum atomic E-state index is -0.0821. The fourth-order valence-electron chi connectivity index (χ4n) is 2.94. The second kappa shape index (κ2) is 7.80. The van der Waals surface area contributed by atoms with Crippen LogP contribution < -0.4 is 4.74 Å². The van der Waals surface area contributed by atoms with Crippen LogP contribution in [-0.4, -0.2) is 30.7 Å². The van der Waals surface area contributed by atoms with Gasteiger partial charge in [-0.2, -0.15) is 5.26 Å². The van der Waals surface area contributed by atoms with Crippen molar-refractivity contribution < 1.29 is 14.3 Å². The van der Waals surface area contributed by atoms with Gasteiger partial charge in [-0.3, -0.25) is 4.79 Å². The first-order chi connectivity index (χ1) is 11.5. The second-order valence-electron chi connectivity index (χ2n) is 5.81. The van der Waals surface area contributed by atoms with Crippen molar-refractivity contribution in [3.63, 3.8) is 0 Å². The predicted molar refractivity (Wildman–Crippen MR) is 91.5 cm³/mol. The molecule has 5 nitrogen and oxygen atoms in total. The van der Waals surface area contributed by atoms with Crippen LogP contribution in [0.1, 0.15) is 40.3 Å². The van der Waals surface area contributed by atoms with Crippen LogP contribution in [0.25, 0.3) is 0 Å². The molecule has 1 atom stereocenters. The van der Waals surface area contributed by atoms with Gasteiger partial charge in [0.15, 0.2) is 6.61 Å². The molecule has 0 fully saturated rings. The molecule has 0 amide bonds. The number of nitriles is 1. The monoisotopic (exact) mass is 326 g/mol. The highest BCUT2D eigenvalue weighted by molar-refractivity contribution is 5.98. The Labute approximate surface area is 142 Å². The molecule has 1 heterocycles. The van der Waals surface area contributed by atoms with Gasteiger partial charge in [0, 0.05) is 24.1 Å². The summed E-state index contributed by atoms with van der Waals surface area (Å²) >= 11 is 0. The van der Waals surface area contributed by atoms with Crippen molar-refractivity contribution in [2.24, 2.45) is 0 Å². The molecule has 0 N–H and O–H groups in total. The van der Waals surface area contributed by atoms with Gasteiger partial charge < -0.3 is 14.0 Å². The third kappa shape index (κ3) is 3.84. The summed E-state index contributed by atoms with van der Waals surface area (Å²) < 4.78 is 12.9. The molecule has 0 aliphatic heterocycles. The van der Waals surface area contributed by atoms with Crippen LogP contribution in [0.5, 0.6) is 5.75 Å². The number of carbonyl (C=O) groups is 1. The number of rotatable bonds is 7. The van der Waals surface area contributed by atoms with E-state index in [0.717, 1.165) is 11.4 Å². The molecule has 24 heavy (non-hydrogen) atoms. The lowest BCUT2D eigenvalue weighted by molar-refractivity contribution is 0.0920. The molecule has 0 aliphatic carbocycles. The maximum absolute atomic E-state index is 12.5. The lowest BCUT2D eigenvalue weighted by atomic mass is 10.1. The quantitative estimate of drug-likeness (QED) is 0.731. The Morgan fingerprint density at radius 1 is 1.33 bits per heavy atom. The van der Waals surface area contributed by atoms with E-state index in [0.29, 0.717) is 23.5 Å². The summed E-state index contributed by atoms with van der Waals surface area (Å²) in [6, 6.07) is 10.9. The van der Waals surface area contributed by atoms with E-state index in [1.807, 2.05) is 19.9 Å². The number of Topliss-reactive ketones (excluding diaryl/α,β-unsaturated/α-hetero) is 1. The number of ether oxygens (including phenoxy) is 2. The molecule has 126 valence electrons. The van der Waals surface area contributed by atoms with E-state index in [1.54, 1.807) is 31.4 Å². The topological polar surface area (TPSA) is 64.2 Å². The number of benzene rings is 1. The third-order valence-corrected chi connectivity index (χ3v) is 3.97. The van der Waals surface area contributed by atoms with Gasteiger partial charge in [-0.25, -0.2) is 0 Å². The van der Waals surface area contributed by atoms with E-state index in [9.17, 15) is 4.79 Å². The summed E-state index contributed by atoms with van der Waals surface area (Å²) in [6.07, 6.45) is 0. The number of nitrogens with zero attached hydrogens (tertiary/aromatic N) is 2. The lowest BCUT2D eigenvalue weighted by Gasteiger charge is -2.17. The van der Waals surface area contributed by atoms with Crippen molar-refractivity contribution in [3.8, 4) is 11.8 Å². The molecular formula is C19H22N2O3. The predicted octanol–water partition coefficient (Wildman–Crippen LogP) is 3.45. The molecule has 2 rings (SSSR count). The van der Waals surface area contributed by atoms with Crippen LogP contribution >= 0.6 is 0 Å². The van der Waals surface area contributed by atoms with Crippen LogP contribution in [-0.2, 0) is 4.74 Å². The first kappa shape index (κ1) is 17.8. The van der Waals surface area contributed by atoms with Gasteiger partial charge in [-0.05, 0) is 45.0 Å². The maximum atomic E-state index is 12.5. The van der Waals surface area contributed by atoms with Crippen LogP contribution in [0.4, 0.5) is 0 Å². The van der Waals surface area contributed by atoms with Crippen LogP contribution in [0.2, 0.25) is 0 Å². The second-order valence-corrected chi connectivity index (χ2v) is 5.81. The molecular weight excluding hydrogens is 304 g/mol. The Bertz CT molecular complexity index is 771. The molecule has 0 unspecified atom stereocenters. The number of hydrogen-bond acceptors (Lipinski definition) is 4. The van der Waals surface area contributed by atoms with Crippen molar-refractivity contribution in [1.82, 2.24) is 4.57 Å². The van der Waals surface area contributed by atoms with Crippen molar-refractivity contribution in [2.45, 2.75) is 26.8 Å². The number of aromatic nitrogens is 1. The zero-order valence-corrected chi connectivity index (χ0v) is 14.5. The fourth-order valence-corrected chi connectivity index (χ4v) is 2.94. The number of hydrogen-bond donors (Lipinski definition) is 0. The lowest BCUT2D eigenvalue weighted by Crippen LogP contribution is -2.16. The highest BCUT2D eigenvalue weighted by Crippen LogP contribution is 2.21. The summed E-state index contributed by atoms with van der Waals surface area (Å²) in [5.41, 5.74) is 3.10. The molecule has 0 saturated carbocycles. The minimum Gasteiger partial charge on any atom is -0.485 e. The Morgan fingerprint density at radius 2 is 2.08 bits per heavy atom. The van der Waals surface area contributed by atoms with Crippen molar-refractivity contribution in [3.05, 3.63) is 52.8 Å². The Balaban J connectivity index is 2.13. The smallest absolute Gasteiger partial charge is 0.202 e. The van der Waals surface area contributed by atoms with Crippen molar-refractivity contribution in [2.75, 3.05) is 20.3 Å². The number of carbonyl (C=O) groups excluding carboxylic acids is 1. The summed E-state index contributed by atoms with van der Waals surface area (Å²) in [4.78, 5) is 12.5. The van der Waals surface area contributed by atoms with E-state index in [1.165, 1.54) is 0 Å². The van der Waals surface area contributed by atoms with Gasteiger partial charge >= 0.3 is 0 Å². The van der Waals surface area contributed by atoms with Crippen LogP contribution in [0.3, 0.4) is 0 Å². The standard InChI is InChI=1S/C19H22N2O3/c1-13-8-18(15(3)21(13)14(2)11-23-4)19(22)12-24-17-7-5-6-16(9-17)10-20/h5-9,14H,11-12H2,1-4H3/t14-/m0/s1. The van der Waals surface area contributed by atoms with E-state index < -0.39 is 0 Å². The molecule has 0 radical (unpaired) electrons. The van der Waals surface area contributed by atoms with E-state index in [2.05, 4.69) is 17.6 Å². The van der Waals surface area contributed by atoms with Gasteiger partial charge in [0.2, 0.25) is 5.78 Å². The minimum absolute atomic E-state index is 0.0577. The zero-order valence-electron chi connectivity index (χ0n) is 14.5. The first-order valence-corrected chi connectivity index (χ1v) is 7.81. The molecule has 5 heteroatoms. The first-order valence-electron chi connectivity index (χ1n) is 7.81. The molecule has 0 aliphatic rings. The zero-order chi connectivity index (χ0) is 17.7. The van der Waals surface area contributed by atoms with Crippen molar-refractivity contribution in [1.29, 1.82) is 5.26 Å². The molecule has 0 saturated heterocycles. The van der Waals surface area contributed by atoms with Gasteiger partial charge in [0.05, 0.1) is 24.3 Å². The molecule has 1 aromatic carbocycles. The molecule has 2 aromatic rings. The van der Waals surface area contributed by atoms with E-state index in [4.69, 9.17) is 14.7 Å². The van der Waals surface area contributed by atoms with Crippen LogP contribution in [0.15, 0.2) is 30.3 Å².